The van der Waals surface area contributed by atoms with Crippen molar-refractivity contribution >= 4 is 5.69 Å². The van der Waals surface area contributed by atoms with Crippen LogP contribution in [0.15, 0.2) is 18.2 Å². The van der Waals surface area contributed by atoms with Crippen LogP contribution in [-0.2, 0) is 13.0 Å². The molecule has 0 aromatic heterocycles. The van der Waals surface area contributed by atoms with Crippen LogP contribution in [0, 0.1) is 5.92 Å². The maximum absolute atomic E-state index is 6.05. The third-order valence-corrected chi connectivity index (χ3v) is 3.64. The first kappa shape index (κ1) is 12.4. The number of rotatable bonds is 4. The van der Waals surface area contributed by atoms with Gasteiger partial charge in [0.2, 0.25) is 0 Å². The Balaban J connectivity index is 1.92. The summed E-state index contributed by atoms with van der Waals surface area (Å²) < 4.78 is 0. The van der Waals surface area contributed by atoms with Crippen molar-refractivity contribution in [2.75, 3.05) is 18.8 Å². The molecule has 2 heteroatoms. The van der Waals surface area contributed by atoms with E-state index in [0.29, 0.717) is 0 Å². The molecule has 1 heterocycles. The van der Waals surface area contributed by atoms with Crippen LogP contribution in [0.4, 0.5) is 5.69 Å². The van der Waals surface area contributed by atoms with Crippen molar-refractivity contribution in [1.29, 1.82) is 0 Å². The Kier molecular flexibility index (Phi) is 4.06. The Morgan fingerprint density at radius 1 is 1.35 bits per heavy atom. The van der Waals surface area contributed by atoms with E-state index in [0.717, 1.165) is 24.6 Å². The number of fused-ring (bicyclic) bond motifs is 1. The van der Waals surface area contributed by atoms with E-state index >= 15 is 0 Å². The minimum Gasteiger partial charge on any atom is -0.398 e. The van der Waals surface area contributed by atoms with Gasteiger partial charge in [0.05, 0.1) is 0 Å². The molecule has 0 spiro atoms. The smallest absolute Gasteiger partial charge is 0.0362 e. The molecular weight excluding hydrogens is 208 g/mol. The summed E-state index contributed by atoms with van der Waals surface area (Å²) in [5, 5.41) is 0. The van der Waals surface area contributed by atoms with Gasteiger partial charge in [-0.3, -0.25) is 4.90 Å². The number of nitrogens with zero attached hydrogens (tertiary/aromatic N) is 1. The van der Waals surface area contributed by atoms with Crippen molar-refractivity contribution in [3.8, 4) is 0 Å². The van der Waals surface area contributed by atoms with Crippen molar-refractivity contribution in [2.24, 2.45) is 5.92 Å². The molecule has 0 radical (unpaired) electrons. The van der Waals surface area contributed by atoms with Gasteiger partial charge in [-0.1, -0.05) is 26.0 Å². The molecule has 1 aromatic carbocycles. The summed E-state index contributed by atoms with van der Waals surface area (Å²) in [4.78, 5) is 2.54. The van der Waals surface area contributed by atoms with Crippen LogP contribution in [0.3, 0.4) is 0 Å². The Morgan fingerprint density at radius 3 is 2.94 bits per heavy atom. The van der Waals surface area contributed by atoms with Crippen LogP contribution in [0.25, 0.3) is 0 Å². The molecule has 1 aliphatic heterocycles. The summed E-state index contributed by atoms with van der Waals surface area (Å²) >= 11 is 0. The minimum atomic E-state index is 0.817. The zero-order valence-electron chi connectivity index (χ0n) is 11.1. The van der Waals surface area contributed by atoms with Crippen LogP contribution < -0.4 is 5.73 Å². The molecule has 94 valence electrons. The molecule has 0 unspecified atom stereocenters. The number of anilines is 1. The molecule has 1 aliphatic rings. The van der Waals surface area contributed by atoms with Gasteiger partial charge in [0.1, 0.15) is 0 Å². The normalized spacial score (nSPS) is 16.2. The van der Waals surface area contributed by atoms with Crippen LogP contribution in [0.5, 0.6) is 0 Å². The fourth-order valence-electron chi connectivity index (χ4n) is 2.58. The minimum absolute atomic E-state index is 0.817. The van der Waals surface area contributed by atoms with Gasteiger partial charge in [-0.15, -0.1) is 0 Å². The number of hydrogen-bond donors (Lipinski definition) is 1. The van der Waals surface area contributed by atoms with Crippen LogP contribution in [-0.4, -0.2) is 18.0 Å². The number of benzene rings is 1. The quantitative estimate of drug-likeness (QED) is 0.808. The first-order valence-electron chi connectivity index (χ1n) is 6.75. The van der Waals surface area contributed by atoms with Crippen LogP contribution in [0.2, 0.25) is 0 Å². The second kappa shape index (κ2) is 5.54. The maximum Gasteiger partial charge on any atom is 0.0362 e. The molecule has 0 saturated heterocycles. The molecule has 0 bridgehead atoms. The standard InChI is InChI=1S/C15H24N2/c1-12(2)5-4-9-17-10-8-13-6-3-7-15(16)14(13)11-17/h3,6-7,12H,4-5,8-11,16H2,1-2H3. The topological polar surface area (TPSA) is 29.3 Å². The molecule has 17 heavy (non-hydrogen) atoms. The number of nitrogen functional groups attached to an aromatic ring is 1. The molecule has 0 fully saturated rings. The van der Waals surface area contributed by atoms with E-state index in [2.05, 4.69) is 30.9 Å². The molecular formula is C15H24N2. The first-order valence-corrected chi connectivity index (χ1v) is 6.75. The molecule has 1 aromatic rings. The lowest BCUT2D eigenvalue weighted by Gasteiger charge is -2.29. The Morgan fingerprint density at radius 2 is 2.18 bits per heavy atom. The highest BCUT2D eigenvalue weighted by Gasteiger charge is 2.17. The molecule has 0 amide bonds. The molecule has 2 nitrogen and oxygen atoms in total. The number of hydrogen-bond acceptors (Lipinski definition) is 2. The fourth-order valence-corrected chi connectivity index (χ4v) is 2.58. The average molecular weight is 232 g/mol. The van der Waals surface area contributed by atoms with Gasteiger partial charge < -0.3 is 5.73 Å². The largest absolute Gasteiger partial charge is 0.398 e. The second-order valence-corrected chi connectivity index (χ2v) is 5.55. The average Bonchev–Trinajstić information content (AvgIpc) is 2.30. The van der Waals surface area contributed by atoms with E-state index in [1.807, 2.05) is 6.07 Å². The van der Waals surface area contributed by atoms with Gasteiger partial charge in [-0.2, -0.15) is 0 Å². The van der Waals surface area contributed by atoms with Crippen molar-refractivity contribution in [1.82, 2.24) is 4.90 Å². The molecule has 2 N–H and O–H groups in total. The van der Waals surface area contributed by atoms with Crippen molar-refractivity contribution in [3.63, 3.8) is 0 Å². The van der Waals surface area contributed by atoms with E-state index in [1.165, 1.54) is 37.1 Å². The van der Waals surface area contributed by atoms with E-state index in [4.69, 9.17) is 5.73 Å². The molecule has 2 rings (SSSR count). The SMILES string of the molecule is CC(C)CCCN1CCc2cccc(N)c2C1. The van der Waals surface area contributed by atoms with Crippen LogP contribution in [0.1, 0.15) is 37.8 Å². The second-order valence-electron chi connectivity index (χ2n) is 5.55. The highest BCUT2D eigenvalue weighted by Crippen LogP contribution is 2.24. The van der Waals surface area contributed by atoms with Gasteiger partial charge in [-0.05, 0) is 48.9 Å². The van der Waals surface area contributed by atoms with Crippen molar-refractivity contribution in [2.45, 2.75) is 39.7 Å². The predicted octanol–water partition coefficient (Wildman–Crippen LogP) is 3.06. The lowest BCUT2D eigenvalue weighted by atomic mass is 9.97. The highest BCUT2D eigenvalue weighted by atomic mass is 15.1. The maximum atomic E-state index is 6.05. The summed E-state index contributed by atoms with van der Waals surface area (Å²) in [5.74, 6) is 0.817. The lowest BCUT2D eigenvalue weighted by Crippen LogP contribution is -2.32. The van der Waals surface area contributed by atoms with E-state index in [9.17, 15) is 0 Å². The Bertz CT molecular complexity index is 371. The van der Waals surface area contributed by atoms with Gasteiger partial charge in [0.15, 0.2) is 0 Å². The summed E-state index contributed by atoms with van der Waals surface area (Å²) in [6.45, 7) is 8.04. The molecule has 0 atom stereocenters. The third kappa shape index (κ3) is 3.22. The number of nitrogens with two attached hydrogens (primary N) is 1. The monoisotopic (exact) mass is 232 g/mol. The zero-order chi connectivity index (χ0) is 12.3. The predicted molar refractivity (Wildman–Crippen MR) is 73.9 cm³/mol. The van der Waals surface area contributed by atoms with E-state index in [1.54, 1.807) is 0 Å². The fraction of sp³-hybridized carbons (Fsp3) is 0.600. The van der Waals surface area contributed by atoms with Crippen LogP contribution >= 0.6 is 0 Å². The zero-order valence-corrected chi connectivity index (χ0v) is 11.1. The summed E-state index contributed by atoms with van der Waals surface area (Å²) in [5.41, 5.74) is 9.84. The Labute approximate surface area is 105 Å². The molecule has 0 saturated carbocycles. The van der Waals surface area contributed by atoms with E-state index < -0.39 is 0 Å². The molecule has 0 aliphatic carbocycles. The van der Waals surface area contributed by atoms with Gasteiger partial charge in [0.25, 0.3) is 0 Å². The summed E-state index contributed by atoms with van der Waals surface area (Å²) in [7, 11) is 0. The first-order chi connectivity index (χ1) is 8.16. The third-order valence-electron chi connectivity index (χ3n) is 3.64. The van der Waals surface area contributed by atoms with E-state index in [-0.39, 0.29) is 0 Å². The highest BCUT2D eigenvalue weighted by molar-refractivity contribution is 5.51. The van der Waals surface area contributed by atoms with Gasteiger partial charge >= 0.3 is 0 Å². The lowest BCUT2D eigenvalue weighted by molar-refractivity contribution is 0.245. The Hall–Kier alpha value is -1.02. The summed E-state index contributed by atoms with van der Waals surface area (Å²) in [6, 6.07) is 6.32. The van der Waals surface area contributed by atoms with Gasteiger partial charge in [-0.25, -0.2) is 0 Å². The van der Waals surface area contributed by atoms with Gasteiger partial charge in [0, 0.05) is 18.8 Å². The van der Waals surface area contributed by atoms with Crippen molar-refractivity contribution in [3.05, 3.63) is 29.3 Å². The summed E-state index contributed by atoms with van der Waals surface area (Å²) in [6.07, 6.45) is 3.79. The van der Waals surface area contributed by atoms with Crippen molar-refractivity contribution < 1.29 is 0 Å².